The van der Waals surface area contributed by atoms with Crippen molar-refractivity contribution in [1.29, 1.82) is 0 Å². The predicted molar refractivity (Wildman–Crippen MR) is 105 cm³/mol. The van der Waals surface area contributed by atoms with Gasteiger partial charge in [-0.2, -0.15) is 0 Å². The van der Waals surface area contributed by atoms with E-state index in [0.717, 1.165) is 23.0 Å². The summed E-state index contributed by atoms with van der Waals surface area (Å²) >= 11 is 6.04. The lowest BCUT2D eigenvalue weighted by Crippen LogP contribution is -2.46. The third-order valence-corrected chi connectivity index (χ3v) is 6.93. The van der Waals surface area contributed by atoms with Gasteiger partial charge in [0.05, 0.1) is 20.1 Å². The van der Waals surface area contributed by atoms with Crippen LogP contribution in [0.15, 0.2) is 22.0 Å². The van der Waals surface area contributed by atoms with Crippen molar-refractivity contribution in [3.05, 3.63) is 42.2 Å². The van der Waals surface area contributed by atoms with Crippen molar-refractivity contribution >= 4 is 56.3 Å². The number of nitrogens with one attached hydrogen (secondary N) is 3. The van der Waals surface area contributed by atoms with Crippen molar-refractivity contribution in [3.8, 4) is 0 Å². The highest BCUT2D eigenvalue weighted by Crippen LogP contribution is 2.32. The Morgan fingerprint density at radius 2 is 1.96 bits per heavy atom. The lowest BCUT2D eigenvalue weighted by molar-refractivity contribution is -0.120. The van der Waals surface area contributed by atoms with Crippen LogP contribution >= 0.6 is 38.6 Å². The van der Waals surface area contributed by atoms with Crippen molar-refractivity contribution in [3.63, 3.8) is 0 Å². The van der Waals surface area contributed by atoms with E-state index in [1.807, 2.05) is 6.07 Å². The average molecular weight is 456 g/mol. The average Bonchev–Trinajstić information content (AvgIpc) is 3.23. The molecule has 0 spiro atoms. The first-order chi connectivity index (χ1) is 12.4. The minimum Gasteiger partial charge on any atom is -0.342 e. The van der Waals surface area contributed by atoms with Gasteiger partial charge in [0.15, 0.2) is 0 Å². The molecule has 3 N–H and O–H groups in total. The van der Waals surface area contributed by atoms with Crippen LogP contribution in [0, 0.1) is 5.92 Å². The van der Waals surface area contributed by atoms with Crippen LogP contribution in [0.3, 0.4) is 0 Å². The van der Waals surface area contributed by atoms with Gasteiger partial charge >= 0.3 is 0 Å². The van der Waals surface area contributed by atoms with E-state index in [-0.39, 0.29) is 18.4 Å². The molecule has 0 aliphatic heterocycles. The Hall–Kier alpha value is -1.71. The molecular formula is C17H18BrN3O3S2. The fourth-order valence-corrected chi connectivity index (χ4v) is 5.14. The Morgan fingerprint density at radius 1 is 1.15 bits per heavy atom. The summed E-state index contributed by atoms with van der Waals surface area (Å²) in [6.07, 6.45) is 3.15. The molecule has 0 fully saturated rings. The maximum Gasteiger partial charge on any atom is 0.279 e. The van der Waals surface area contributed by atoms with E-state index in [1.165, 1.54) is 33.1 Å². The standard InChI is InChI=1S/C17H18BrN3O3S2/c1-9-2-3-11-10(6-9)7-13(25-11)17(24)21-20-15(22)8-19-16(23)12-4-5-14(18)26-12/h4-5,7,9H,2-3,6,8H2,1H3,(H,19,23)(H,20,22)(H,21,24). The second kappa shape index (κ2) is 8.32. The zero-order chi connectivity index (χ0) is 18.7. The number of hydrogen-bond donors (Lipinski definition) is 3. The molecule has 1 atom stereocenters. The molecule has 3 amide bonds. The predicted octanol–water partition coefficient (Wildman–Crippen LogP) is 2.89. The molecule has 6 nitrogen and oxygen atoms in total. The van der Waals surface area contributed by atoms with Crippen LogP contribution in [0.2, 0.25) is 0 Å². The summed E-state index contributed by atoms with van der Waals surface area (Å²) in [7, 11) is 0. The number of thiophene rings is 2. The highest BCUT2D eigenvalue weighted by Gasteiger charge is 2.21. The maximum absolute atomic E-state index is 12.2. The first-order valence-corrected chi connectivity index (χ1v) is 10.6. The monoisotopic (exact) mass is 455 g/mol. The van der Waals surface area contributed by atoms with E-state index in [2.05, 4.69) is 39.0 Å². The number of halogens is 1. The summed E-state index contributed by atoms with van der Waals surface area (Å²) < 4.78 is 0.840. The zero-order valence-corrected chi connectivity index (χ0v) is 17.3. The molecule has 0 saturated heterocycles. The van der Waals surface area contributed by atoms with Crippen LogP contribution in [0.5, 0.6) is 0 Å². The number of aryl methyl sites for hydroxylation is 1. The molecular weight excluding hydrogens is 438 g/mol. The highest BCUT2D eigenvalue weighted by molar-refractivity contribution is 9.11. The van der Waals surface area contributed by atoms with Crippen LogP contribution in [-0.4, -0.2) is 24.3 Å². The van der Waals surface area contributed by atoms with Crippen LogP contribution in [0.1, 0.15) is 43.1 Å². The van der Waals surface area contributed by atoms with E-state index in [9.17, 15) is 14.4 Å². The molecule has 0 aromatic carbocycles. The molecule has 0 saturated carbocycles. The summed E-state index contributed by atoms with van der Waals surface area (Å²) in [6.45, 7) is 2.00. The molecule has 1 unspecified atom stereocenters. The largest absolute Gasteiger partial charge is 0.342 e. The summed E-state index contributed by atoms with van der Waals surface area (Å²) in [5.74, 6) is -0.515. The molecule has 3 rings (SSSR count). The van der Waals surface area contributed by atoms with Gasteiger partial charge in [0.25, 0.3) is 17.7 Å². The second-order valence-corrected chi connectivity index (χ2v) is 9.80. The molecule has 2 heterocycles. The van der Waals surface area contributed by atoms with Crippen molar-refractivity contribution in [2.75, 3.05) is 6.54 Å². The van der Waals surface area contributed by atoms with Crippen molar-refractivity contribution in [1.82, 2.24) is 16.2 Å². The summed E-state index contributed by atoms with van der Waals surface area (Å²) in [5.41, 5.74) is 5.97. The summed E-state index contributed by atoms with van der Waals surface area (Å²) in [6, 6.07) is 5.35. The minimum absolute atomic E-state index is 0.215. The maximum atomic E-state index is 12.2. The molecule has 138 valence electrons. The zero-order valence-electron chi connectivity index (χ0n) is 14.1. The fourth-order valence-electron chi connectivity index (χ4n) is 2.73. The Labute approximate surface area is 167 Å². The number of hydrogen-bond acceptors (Lipinski definition) is 5. The van der Waals surface area contributed by atoms with Crippen molar-refractivity contribution in [2.24, 2.45) is 5.92 Å². The number of carbonyl (C=O) groups is 3. The van der Waals surface area contributed by atoms with Gasteiger partial charge < -0.3 is 5.32 Å². The summed E-state index contributed by atoms with van der Waals surface area (Å²) in [4.78, 5) is 38.3. The van der Waals surface area contributed by atoms with Crippen LogP contribution in [0.25, 0.3) is 0 Å². The number of fused-ring (bicyclic) bond motifs is 1. The van der Waals surface area contributed by atoms with Crippen LogP contribution < -0.4 is 16.2 Å². The molecule has 1 aliphatic carbocycles. The Morgan fingerprint density at radius 3 is 2.69 bits per heavy atom. The van der Waals surface area contributed by atoms with Crippen LogP contribution in [0.4, 0.5) is 0 Å². The quantitative estimate of drug-likeness (QED) is 0.619. The van der Waals surface area contributed by atoms with Crippen LogP contribution in [-0.2, 0) is 17.6 Å². The lowest BCUT2D eigenvalue weighted by Gasteiger charge is -2.16. The third kappa shape index (κ3) is 4.72. The van der Waals surface area contributed by atoms with E-state index in [0.29, 0.717) is 15.7 Å². The SMILES string of the molecule is CC1CCc2sc(C(=O)NNC(=O)CNC(=O)c3ccc(Br)s3)cc2C1. The topological polar surface area (TPSA) is 87.3 Å². The molecule has 9 heteroatoms. The van der Waals surface area contributed by atoms with Gasteiger partial charge in [0, 0.05) is 4.88 Å². The number of hydrazine groups is 1. The van der Waals surface area contributed by atoms with Gasteiger partial charge in [-0.3, -0.25) is 25.2 Å². The highest BCUT2D eigenvalue weighted by atomic mass is 79.9. The number of rotatable bonds is 4. The van der Waals surface area contributed by atoms with Crippen molar-refractivity contribution < 1.29 is 14.4 Å². The number of amides is 3. The molecule has 1 aliphatic rings. The van der Waals surface area contributed by atoms with E-state index < -0.39 is 5.91 Å². The van der Waals surface area contributed by atoms with E-state index in [4.69, 9.17) is 0 Å². The summed E-state index contributed by atoms with van der Waals surface area (Å²) in [5, 5.41) is 2.51. The molecule has 26 heavy (non-hydrogen) atoms. The van der Waals surface area contributed by atoms with Gasteiger partial charge in [0.2, 0.25) is 0 Å². The normalized spacial score (nSPS) is 15.8. The van der Waals surface area contributed by atoms with Gasteiger partial charge in [0.1, 0.15) is 0 Å². The molecule has 0 radical (unpaired) electrons. The first-order valence-electron chi connectivity index (χ1n) is 8.16. The third-order valence-electron chi connectivity index (χ3n) is 4.07. The number of carbonyl (C=O) groups excluding carboxylic acids is 3. The van der Waals surface area contributed by atoms with E-state index >= 15 is 0 Å². The van der Waals surface area contributed by atoms with Gasteiger partial charge in [-0.05, 0) is 64.9 Å². The van der Waals surface area contributed by atoms with Gasteiger partial charge in [-0.15, -0.1) is 22.7 Å². The Balaban J connectivity index is 1.45. The smallest absolute Gasteiger partial charge is 0.279 e. The Kier molecular flexibility index (Phi) is 6.10. The second-order valence-electron chi connectivity index (χ2n) is 6.20. The van der Waals surface area contributed by atoms with E-state index in [1.54, 1.807) is 12.1 Å². The fraction of sp³-hybridized carbons (Fsp3) is 0.353. The molecule has 2 aromatic heterocycles. The Bertz CT molecular complexity index is 846. The van der Waals surface area contributed by atoms with Gasteiger partial charge in [-0.25, -0.2) is 0 Å². The first kappa shape index (κ1) is 19.1. The molecule has 0 bridgehead atoms. The molecule has 2 aromatic rings. The minimum atomic E-state index is -0.489. The van der Waals surface area contributed by atoms with Gasteiger partial charge in [-0.1, -0.05) is 6.92 Å². The van der Waals surface area contributed by atoms with Crippen molar-refractivity contribution in [2.45, 2.75) is 26.2 Å². The lowest BCUT2D eigenvalue weighted by atomic mass is 9.90.